The minimum absolute atomic E-state index is 0.00659. The molecule has 1 aromatic carbocycles. The van der Waals surface area contributed by atoms with Gasteiger partial charge in [0.25, 0.3) is 5.56 Å². The quantitative estimate of drug-likeness (QED) is 0.457. The molecule has 0 bridgehead atoms. The Morgan fingerprint density at radius 3 is 2.56 bits per heavy atom. The zero-order chi connectivity index (χ0) is 19.7. The van der Waals surface area contributed by atoms with Gasteiger partial charge >= 0.3 is 0 Å². The summed E-state index contributed by atoms with van der Waals surface area (Å²) in [5.41, 5.74) is -0.480. The van der Waals surface area contributed by atoms with Crippen molar-refractivity contribution in [3.05, 3.63) is 78.9 Å². The highest BCUT2D eigenvalue weighted by molar-refractivity contribution is 9.10. The third-order valence-corrected chi connectivity index (χ3v) is 4.72. The highest BCUT2D eigenvalue weighted by atomic mass is 79.9. The lowest BCUT2D eigenvalue weighted by atomic mass is 10.2. The standard InChI is InChI=1S/C16H9BrCl2F2N3O3/c17-14-13(27-7-8-1-2-9(20)3-12(8)21)4-22-24(16(14)25)15-10(18)5-23(26)6-11(15)19/h1-6,26H,7H2/q+1. The van der Waals surface area contributed by atoms with E-state index in [-0.39, 0.29) is 38.1 Å². The van der Waals surface area contributed by atoms with Crippen molar-refractivity contribution in [1.82, 2.24) is 9.78 Å². The van der Waals surface area contributed by atoms with Crippen LogP contribution in [0.1, 0.15) is 5.56 Å². The Bertz CT molecular complexity index is 1070. The molecule has 1 N–H and O–H groups in total. The van der Waals surface area contributed by atoms with Crippen LogP contribution in [0.15, 0.2) is 46.1 Å². The lowest BCUT2D eigenvalue weighted by molar-refractivity contribution is -0.904. The fourth-order valence-corrected chi connectivity index (χ4v) is 3.18. The SMILES string of the molecule is O=c1c(Br)c(OCc2ccc(F)cc2F)cnn1-c1c(Cl)c[n+](O)cc1Cl. The molecular formula is C16H9BrCl2F2N3O3+. The minimum Gasteiger partial charge on any atom is -0.486 e. The van der Waals surface area contributed by atoms with Gasteiger partial charge in [0.05, 0.1) is 6.20 Å². The summed E-state index contributed by atoms with van der Waals surface area (Å²) >= 11 is 15.1. The molecule has 2 aromatic heterocycles. The van der Waals surface area contributed by atoms with Gasteiger partial charge < -0.3 is 4.74 Å². The van der Waals surface area contributed by atoms with Gasteiger partial charge in [0.15, 0.2) is 5.75 Å². The topological polar surface area (TPSA) is 68.2 Å². The van der Waals surface area contributed by atoms with E-state index in [4.69, 9.17) is 27.9 Å². The first-order chi connectivity index (χ1) is 12.8. The summed E-state index contributed by atoms with van der Waals surface area (Å²) in [6, 6.07) is 3.07. The summed E-state index contributed by atoms with van der Waals surface area (Å²) in [6.07, 6.45) is 3.47. The highest BCUT2D eigenvalue weighted by Crippen LogP contribution is 2.27. The molecule has 0 aliphatic rings. The molecule has 0 aliphatic heterocycles. The molecule has 0 saturated heterocycles. The molecule has 0 radical (unpaired) electrons. The van der Waals surface area contributed by atoms with E-state index in [1.807, 2.05) is 0 Å². The predicted octanol–water partition coefficient (Wildman–Crippen LogP) is 3.68. The second-order valence-electron chi connectivity index (χ2n) is 5.25. The lowest BCUT2D eigenvalue weighted by Gasteiger charge is -2.11. The fraction of sp³-hybridized carbons (Fsp3) is 0.0625. The van der Waals surface area contributed by atoms with E-state index in [0.717, 1.165) is 29.2 Å². The smallest absolute Gasteiger partial charge is 0.289 e. The first-order valence-electron chi connectivity index (χ1n) is 7.22. The van der Waals surface area contributed by atoms with Gasteiger partial charge in [0.2, 0.25) is 12.4 Å². The number of halogens is 5. The summed E-state index contributed by atoms with van der Waals surface area (Å²) in [5.74, 6) is -1.43. The molecule has 0 aliphatic carbocycles. The molecule has 0 amide bonds. The van der Waals surface area contributed by atoms with Crippen LogP contribution in [0.5, 0.6) is 5.75 Å². The molecule has 11 heteroatoms. The monoisotopic (exact) mass is 478 g/mol. The Morgan fingerprint density at radius 2 is 1.93 bits per heavy atom. The number of rotatable bonds is 4. The van der Waals surface area contributed by atoms with Crippen LogP contribution in [0.25, 0.3) is 5.69 Å². The predicted molar refractivity (Wildman–Crippen MR) is 95.6 cm³/mol. The number of hydrogen-bond acceptors (Lipinski definition) is 4. The van der Waals surface area contributed by atoms with Crippen LogP contribution < -0.4 is 15.0 Å². The maximum atomic E-state index is 13.7. The van der Waals surface area contributed by atoms with E-state index in [1.54, 1.807) is 0 Å². The van der Waals surface area contributed by atoms with Crippen molar-refractivity contribution in [3.63, 3.8) is 0 Å². The average molecular weight is 480 g/mol. The summed E-state index contributed by atoms with van der Waals surface area (Å²) in [4.78, 5) is 12.6. The maximum absolute atomic E-state index is 13.7. The van der Waals surface area contributed by atoms with E-state index < -0.39 is 17.2 Å². The zero-order valence-electron chi connectivity index (χ0n) is 13.2. The van der Waals surface area contributed by atoms with Crippen molar-refractivity contribution in [1.29, 1.82) is 0 Å². The van der Waals surface area contributed by atoms with Crippen molar-refractivity contribution in [2.45, 2.75) is 6.61 Å². The fourth-order valence-electron chi connectivity index (χ4n) is 2.18. The molecule has 0 unspecified atom stereocenters. The molecule has 0 spiro atoms. The maximum Gasteiger partial charge on any atom is 0.289 e. The Balaban J connectivity index is 1.93. The minimum atomic E-state index is -0.771. The number of ether oxygens (including phenoxy) is 1. The normalized spacial score (nSPS) is 10.9. The van der Waals surface area contributed by atoms with Crippen molar-refractivity contribution >= 4 is 39.1 Å². The van der Waals surface area contributed by atoms with Gasteiger partial charge in [-0.25, -0.2) is 8.78 Å². The van der Waals surface area contributed by atoms with Crippen LogP contribution in [-0.4, -0.2) is 15.0 Å². The molecule has 0 atom stereocenters. The second kappa shape index (κ2) is 7.79. The van der Waals surface area contributed by atoms with Crippen LogP contribution in [0.2, 0.25) is 10.0 Å². The largest absolute Gasteiger partial charge is 0.486 e. The van der Waals surface area contributed by atoms with Gasteiger partial charge in [-0.3, -0.25) is 10.0 Å². The Labute approximate surface area is 169 Å². The molecule has 0 fully saturated rings. The van der Waals surface area contributed by atoms with Gasteiger partial charge in [0, 0.05) is 16.4 Å². The van der Waals surface area contributed by atoms with Crippen LogP contribution in [0.3, 0.4) is 0 Å². The zero-order valence-corrected chi connectivity index (χ0v) is 16.3. The van der Waals surface area contributed by atoms with E-state index in [0.29, 0.717) is 4.73 Å². The van der Waals surface area contributed by atoms with Crippen molar-refractivity contribution in [2.75, 3.05) is 0 Å². The summed E-state index contributed by atoms with van der Waals surface area (Å²) in [7, 11) is 0. The first kappa shape index (κ1) is 19.5. The third kappa shape index (κ3) is 4.05. The lowest BCUT2D eigenvalue weighted by Crippen LogP contribution is -2.31. The summed E-state index contributed by atoms with van der Waals surface area (Å²) in [5, 5.41) is 13.3. The molecular weight excluding hydrogens is 471 g/mol. The van der Waals surface area contributed by atoms with Gasteiger partial charge in [0.1, 0.15) is 38.4 Å². The number of pyridine rings is 1. The third-order valence-electron chi connectivity index (χ3n) is 3.44. The number of nitrogens with zero attached hydrogens (tertiary/aromatic N) is 3. The molecule has 140 valence electrons. The molecule has 6 nitrogen and oxygen atoms in total. The Morgan fingerprint density at radius 1 is 1.26 bits per heavy atom. The van der Waals surface area contributed by atoms with E-state index in [2.05, 4.69) is 21.0 Å². The van der Waals surface area contributed by atoms with E-state index in [1.165, 1.54) is 12.3 Å². The molecule has 0 saturated carbocycles. The second-order valence-corrected chi connectivity index (χ2v) is 6.85. The number of hydrogen-bond donors (Lipinski definition) is 1. The van der Waals surface area contributed by atoms with Crippen LogP contribution in [-0.2, 0) is 6.61 Å². The van der Waals surface area contributed by atoms with Crippen molar-refractivity contribution < 1.29 is 23.5 Å². The first-order valence-corrected chi connectivity index (χ1v) is 8.77. The van der Waals surface area contributed by atoms with Gasteiger partial charge in [-0.05, 0) is 28.1 Å². The van der Waals surface area contributed by atoms with E-state index >= 15 is 0 Å². The van der Waals surface area contributed by atoms with E-state index in [9.17, 15) is 18.8 Å². The van der Waals surface area contributed by atoms with Gasteiger partial charge in [-0.1, -0.05) is 23.2 Å². The average Bonchev–Trinajstić information content (AvgIpc) is 2.58. The Kier molecular flexibility index (Phi) is 5.64. The number of aromatic nitrogens is 3. The molecule has 2 heterocycles. The van der Waals surface area contributed by atoms with Gasteiger partial charge in [-0.2, -0.15) is 9.78 Å². The van der Waals surface area contributed by atoms with Gasteiger partial charge in [-0.15, -0.1) is 0 Å². The molecule has 3 rings (SSSR count). The molecule has 3 aromatic rings. The Hall–Kier alpha value is -2.23. The summed E-state index contributed by atoms with van der Waals surface area (Å²) in [6.45, 7) is -0.243. The van der Waals surface area contributed by atoms with Crippen LogP contribution >= 0.6 is 39.1 Å². The van der Waals surface area contributed by atoms with Crippen molar-refractivity contribution in [2.24, 2.45) is 0 Å². The number of benzene rings is 1. The summed E-state index contributed by atoms with van der Waals surface area (Å²) < 4.78 is 33.6. The van der Waals surface area contributed by atoms with Crippen molar-refractivity contribution in [3.8, 4) is 11.4 Å². The highest BCUT2D eigenvalue weighted by Gasteiger charge is 2.20. The van der Waals surface area contributed by atoms with Crippen LogP contribution in [0, 0.1) is 11.6 Å². The van der Waals surface area contributed by atoms with Crippen LogP contribution in [0.4, 0.5) is 8.78 Å². The molecule has 27 heavy (non-hydrogen) atoms.